The predicted octanol–water partition coefficient (Wildman–Crippen LogP) is 4.87. The molecule has 0 amide bonds. The number of hydrogen-bond acceptors (Lipinski definition) is 2. The first-order valence-electron chi connectivity index (χ1n) is 8.02. The average molecular weight is 354 g/mol. The molecule has 3 rings (SSSR count). The van der Waals surface area contributed by atoms with Crippen LogP contribution in [0.3, 0.4) is 0 Å². The van der Waals surface area contributed by atoms with E-state index in [0.717, 1.165) is 38.3 Å². The molecular weight excluding hydrogens is 335 g/mol. The summed E-state index contributed by atoms with van der Waals surface area (Å²) in [4.78, 5) is 12.4. The van der Waals surface area contributed by atoms with Crippen molar-refractivity contribution in [2.45, 2.75) is 25.2 Å². The lowest BCUT2D eigenvalue weighted by atomic mass is 10.0. The van der Waals surface area contributed by atoms with Crippen molar-refractivity contribution in [2.75, 3.05) is 6.26 Å². The van der Waals surface area contributed by atoms with Crippen molar-refractivity contribution in [1.82, 2.24) is 0 Å². The van der Waals surface area contributed by atoms with Crippen LogP contribution in [0.5, 0.6) is 0 Å². The summed E-state index contributed by atoms with van der Waals surface area (Å²) in [6, 6.07) is 12.2. The highest BCUT2D eigenvalue weighted by atomic mass is 32.2. The van der Waals surface area contributed by atoms with Crippen LogP contribution in [-0.2, 0) is 15.6 Å². The largest absolute Gasteiger partial charge is 0.300 e. The van der Waals surface area contributed by atoms with Gasteiger partial charge >= 0.3 is 0 Å². The number of allylic oxidation sites excluding steroid dienone is 3. The molecule has 1 unspecified atom stereocenters. The van der Waals surface area contributed by atoms with Gasteiger partial charge in [0.05, 0.1) is 0 Å². The summed E-state index contributed by atoms with van der Waals surface area (Å²) in [7, 11) is -1.01. The molecule has 0 aliphatic heterocycles. The monoisotopic (exact) mass is 354 g/mol. The van der Waals surface area contributed by atoms with Crippen LogP contribution in [0.15, 0.2) is 52.9 Å². The Balaban J connectivity index is 2.10. The summed E-state index contributed by atoms with van der Waals surface area (Å²) in [5, 5.41) is 0. The fourth-order valence-corrected chi connectivity index (χ4v) is 3.67. The molecule has 0 aromatic heterocycles. The van der Waals surface area contributed by atoms with Gasteiger partial charge in [-0.2, -0.15) is 0 Å². The van der Waals surface area contributed by atoms with Crippen molar-refractivity contribution in [3.05, 3.63) is 70.5 Å². The van der Waals surface area contributed by atoms with E-state index < -0.39 is 10.8 Å². The van der Waals surface area contributed by atoms with Gasteiger partial charge in [-0.25, -0.2) is 4.39 Å². The molecule has 2 aromatic carbocycles. The highest BCUT2D eigenvalue weighted by Crippen LogP contribution is 2.43. The van der Waals surface area contributed by atoms with Crippen molar-refractivity contribution in [2.24, 2.45) is 0 Å². The van der Waals surface area contributed by atoms with E-state index in [0.29, 0.717) is 6.42 Å². The van der Waals surface area contributed by atoms with Crippen LogP contribution in [0.4, 0.5) is 4.39 Å². The normalized spacial score (nSPS) is 16.2. The summed E-state index contributed by atoms with van der Waals surface area (Å²) in [6.07, 6.45) is 3.98. The summed E-state index contributed by atoms with van der Waals surface area (Å²) in [6.45, 7) is 3.52. The van der Waals surface area contributed by atoms with Gasteiger partial charge in [0.25, 0.3) is 0 Å². The molecule has 0 bridgehead atoms. The van der Waals surface area contributed by atoms with Crippen LogP contribution in [-0.4, -0.2) is 16.2 Å². The van der Waals surface area contributed by atoms with Gasteiger partial charge < -0.3 is 0 Å². The molecule has 0 saturated carbocycles. The van der Waals surface area contributed by atoms with E-state index in [1.165, 1.54) is 12.1 Å². The molecule has 1 aliphatic rings. The van der Waals surface area contributed by atoms with E-state index in [-0.39, 0.29) is 11.6 Å². The van der Waals surface area contributed by atoms with Crippen LogP contribution in [0, 0.1) is 5.82 Å². The second kappa shape index (κ2) is 6.89. The minimum atomic E-state index is -1.01. The molecule has 0 N–H and O–H groups in total. The number of halogens is 1. The zero-order chi connectivity index (χ0) is 18.1. The lowest BCUT2D eigenvalue weighted by Crippen LogP contribution is -1.93. The Morgan fingerprint density at radius 1 is 1.12 bits per heavy atom. The number of rotatable bonds is 4. The molecule has 0 spiro atoms. The number of carbonyl (C=O) groups excluding carboxylic acids is 1. The highest BCUT2D eigenvalue weighted by Gasteiger charge is 2.24. The van der Waals surface area contributed by atoms with Gasteiger partial charge in [-0.15, -0.1) is 0 Å². The molecule has 1 aliphatic carbocycles. The standard InChI is InChI=1S/C21H19FO2S/c1-13(23)10-19-14(2)20(18-9-6-16(22)12-21(18)19)11-15-4-7-17(8-5-15)25(3)24/h4-9,11-12H,10H2,1-3H3/b20-11-. The van der Waals surface area contributed by atoms with Gasteiger partial charge in [-0.1, -0.05) is 18.2 Å². The Morgan fingerprint density at radius 2 is 1.80 bits per heavy atom. The van der Waals surface area contributed by atoms with E-state index in [1.54, 1.807) is 19.2 Å². The predicted molar refractivity (Wildman–Crippen MR) is 101 cm³/mol. The Kier molecular flexibility index (Phi) is 4.82. The van der Waals surface area contributed by atoms with Crippen LogP contribution in [0.1, 0.15) is 37.0 Å². The lowest BCUT2D eigenvalue weighted by molar-refractivity contribution is -0.116. The van der Waals surface area contributed by atoms with Crippen molar-refractivity contribution in [3.63, 3.8) is 0 Å². The maximum atomic E-state index is 13.7. The SMILES string of the molecule is CC(=O)CC1=C(C)/C(=C/c2ccc(S(C)=O)cc2)c2ccc(F)cc21. The van der Waals surface area contributed by atoms with Gasteiger partial charge in [-0.05, 0) is 77.6 Å². The number of fused-ring (bicyclic) bond motifs is 1. The Hall–Kier alpha value is -2.33. The summed E-state index contributed by atoms with van der Waals surface area (Å²) < 4.78 is 25.2. The maximum absolute atomic E-state index is 13.7. The molecule has 2 aromatic rings. The van der Waals surface area contributed by atoms with Crippen molar-refractivity contribution >= 4 is 33.8 Å². The highest BCUT2D eigenvalue weighted by molar-refractivity contribution is 7.84. The van der Waals surface area contributed by atoms with E-state index in [2.05, 4.69) is 0 Å². The van der Waals surface area contributed by atoms with Crippen LogP contribution < -0.4 is 0 Å². The van der Waals surface area contributed by atoms with Crippen molar-refractivity contribution in [3.8, 4) is 0 Å². The smallest absolute Gasteiger partial charge is 0.134 e. The second-order valence-electron chi connectivity index (χ2n) is 6.25. The topological polar surface area (TPSA) is 34.1 Å². The number of carbonyl (C=O) groups is 1. The third-order valence-corrected chi connectivity index (χ3v) is 5.34. The maximum Gasteiger partial charge on any atom is 0.134 e. The molecule has 0 radical (unpaired) electrons. The molecule has 0 saturated heterocycles. The number of ketones is 1. The molecule has 1 atom stereocenters. The Bertz CT molecular complexity index is 937. The zero-order valence-corrected chi connectivity index (χ0v) is 15.2. The molecule has 4 heteroatoms. The minimum absolute atomic E-state index is 0.0561. The number of benzene rings is 2. The van der Waals surface area contributed by atoms with Gasteiger partial charge in [0.2, 0.25) is 0 Å². The average Bonchev–Trinajstić information content (AvgIpc) is 2.80. The van der Waals surface area contributed by atoms with Gasteiger partial charge in [0, 0.05) is 28.4 Å². The molecule has 2 nitrogen and oxygen atoms in total. The first-order chi connectivity index (χ1) is 11.9. The molecule has 0 fully saturated rings. The fraction of sp³-hybridized carbons (Fsp3) is 0.190. The summed E-state index contributed by atoms with van der Waals surface area (Å²) in [5.74, 6) is -0.246. The van der Waals surface area contributed by atoms with E-state index >= 15 is 0 Å². The third-order valence-electron chi connectivity index (χ3n) is 4.40. The van der Waals surface area contributed by atoms with Crippen LogP contribution >= 0.6 is 0 Å². The third kappa shape index (κ3) is 3.54. The molecule has 25 heavy (non-hydrogen) atoms. The first-order valence-corrected chi connectivity index (χ1v) is 9.57. The zero-order valence-electron chi connectivity index (χ0n) is 14.4. The van der Waals surface area contributed by atoms with Crippen molar-refractivity contribution in [1.29, 1.82) is 0 Å². The number of hydrogen-bond donors (Lipinski definition) is 0. The fourth-order valence-electron chi connectivity index (χ4n) is 3.15. The molecular formula is C21H19FO2S. The van der Waals surface area contributed by atoms with Gasteiger partial charge in [0.15, 0.2) is 0 Å². The summed E-state index contributed by atoms with van der Waals surface area (Å²) in [5.41, 5.74) is 5.60. The van der Waals surface area contributed by atoms with Crippen LogP contribution in [0.25, 0.3) is 17.2 Å². The molecule has 128 valence electrons. The summed E-state index contributed by atoms with van der Waals surface area (Å²) >= 11 is 0. The molecule has 0 heterocycles. The van der Waals surface area contributed by atoms with E-state index in [4.69, 9.17) is 0 Å². The van der Waals surface area contributed by atoms with E-state index in [9.17, 15) is 13.4 Å². The quantitative estimate of drug-likeness (QED) is 0.785. The first kappa shape index (κ1) is 17.5. The number of Topliss-reactive ketones (excluding diaryl/α,β-unsaturated/α-hetero) is 1. The second-order valence-corrected chi connectivity index (χ2v) is 7.63. The lowest BCUT2D eigenvalue weighted by Gasteiger charge is -2.05. The van der Waals surface area contributed by atoms with Crippen LogP contribution in [0.2, 0.25) is 0 Å². The van der Waals surface area contributed by atoms with Gasteiger partial charge in [0.1, 0.15) is 11.6 Å². The van der Waals surface area contributed by atoms with Crippen molar-refractivity contribution < 1.29 is 13.4 Å². The minimum Gasteiger partial charge on any atom is -0.300 e. The Morgan fingerprint density at radius 3 is 2.40 bits per heavy atom. The Labute approximate surface area is 149 Å². The van der Waals surface area contributed by atoms with E-state index in [1.807, 2.05) is 37.3 Å². The van der Waals surface area contributed by atoms with Gasteiger partial charge in [-0.3, -0.25) is 9.00 Å².